The van der Waals surface area contributed by atoms with Gasteiger partial charge in [-0.1, -0.05) is 67.1 Å². The molecular formula is C28H30ClF2N3O4S. The molecule has 3 aromatic rings. The first-order valence-corrected chi connectivity index (χ1v) is 14.5. The van der Waals surface area contributed by atoms with Crippen LogP contribution in [0.2, 0.25) is 5.02 Å². The van der Waals surface area contributed by atoms with E-state index in [2.05, 4.69) is 5.32 Å². The van der Waals surface area contributed by atoms with Crippen LogP contribution in [0.25, 0.3) is 0 Å². The predicted octanol–water partition coefficient (Wildman–Crippen LogP) is 4.55. The maximum atomic E-state index is 14.0. The average Bonchev–Trinajstić information content (AvgIpc) is 2.90. The van der Waals surface area contributed by atoms with Crippen LogP contribution >= 0.6 is 11.6 Å². The summed E-state index contributed by atoms with van der Waals surface area (Å²) in [6.45, 7) is 1.43. The number of anilines is 1. The number of carbonyl (C=O) groups is 2. The molecule has 0 fully saturated rings. The Morgan fingerprint density at radius 3 is 2.26 bits per heavy atom. The van der Waals surface area contributed by atoms with Gasteiger partial charge in [-0.2, -0.15) is 0 Å². The minimum absolute atomic E-state index is 0.0923. The van der Waals surface area contributed by atoms with Gasteiger partial charge in [0.25, 0.3) is 0 Å². The second-order valence-electron chi connectivity index (χ2n) is 8.98. The normalized spacial score (nSPS) is 12.0. The molecule has 1 N–H and O–H groups in total. The van der Waals surface area contributed by atoms with Crippen molar-refractivity contribution in [1.82, 2.24) is 10.2 Å². The Bertz CT molecular complexity index is 1410. The van der Waals surface area contributed by atoms with Crippen LogP contribution in [0.4, 0.5) is 14.5 Å². The fourth-order valence-corrected chi connectivity index (χ4v) is 5.02. The first-order chi connectivity index (χ1) is 18.5. The van der Waals surface area contributed by atoms with Gasteiger partial charge in [0.1, 0.15) is 12.6 Å². The van der Waals surface area contributed by atoms with Crippen LogP contribution in [0, 0.1) is 11.6 Å². The van der Waals surface area contributed by atoms with Crippen molar-refractivity contribution in [3.8, 4) is 0 Å². The summed E-state index contributed by atoms with van der Waals surface area (Å²) in [5.74, 6) is -3.56. The van der Waals surface area contributed by atoms with Gasteiger partial charge in [-0.3, -0.25) is 13.9 Å². The molecule has 39 heavy (non-hydrogen) atoms. The van der Waals surface area contributed by atoms with Crippen molar-refractivity contribution in [1.29, 1.82) is 0 Å². The molecule has 0 aliphatic carbocycles. The third-order valence-corrected chi connectivity index (χ3v) is 7.50. The van der Waals surface area contributed by atoms with Crippen LogP contribution in [0.1, 0.15) is 24.5 Å². The second-order valence-corrected chi connectivity index (χ2v) is 11.3. The lowest BCUT2D eigenvalue weighted by Gasteiger charge is -2.33. The summed E-state index contributed by atoms with van der Waals surface area (Å²) in [5, 5.41) is 3.19. The Kier molecular flexibility index (Phi) is 10.4. The van der Waals surface area contributed by atoms with Gasteiger partial charge in [0.05, 0.1) is 11.9 Å². The number of nitrogens with zero attached hydrogens (tertiary/aromatic N) is 2. The summed E-state index contributed by atoms with van der Waals surface area (Å²) in [5.41, 5.74) is 1.11. The number of hydrogen-bond acceptors (Lipinski definition) is 4. The number of sulfonamides is 1. The van der Waals surface area contributed by atoms with Gasteiger partial charge in [-0.25, -0.2) is 17.2 Å². The van der Waals surface area contributed by atoms with Gasteiger partial charge in [0, 0.05) is 30.6 Å². The number of amides is 2. The minimum atomic E-state index is -4.11. The van der Waals surface area contributed by atoms with Crippen LogP contribution < -0.4 is 9.62 Å². The van der Waals surface area contributed by atoms with Crippen LogP contribution in [0.15, 0.2) is 72.8 Å². The lowest BCUT2D eigenvalue weighted by Crippen LogP contribution is -2.53. The Labute approximate surface area is 232 Å². The lowest BCUT2D eigenvalue weighted by molar-refractivity contribution is -0.140. The van der Waals surface area contributed by atoms with E-state index < -0.39 is 46.1 Å². The molecule has 11 heteroatoms. The molecule has 0 bridgehead atoms. The van der Waals surface area contributed by atoms with E-state index in [1.54, 1.807) is 24.3 Å². The maximum Gasteiger partial charge on any atom is 0.244 e. The Morgan fingerprint density at radius 1 is 0.974 bits per heavy atom. The summed E-state index contributed by atoms with van der Waals surface area (Å²) in [6.07, 6.45) is 1.67. The maximum absolute atomic E-state index is 14.0. The number of rotatable bonds is 12. The van der Waals surface area contributed by atoms with E-state index in [1.165, 1.54) is 4.90 Å². The number of benzene rings is 3. The molecule has 0 saturated heterocycles. The first kappa shape index (κ1) is 30.0. The Morgan fingerprint density at radius 2 is 1.64 bits per heavy atom. The van der Waals surface area contributed by atoms with Gasteiger partial charge in [-0.05, 0) is 35.7 Å². The highest BCUT2D eigenvalue weighted by atomic mass is 35.5. The molecule has 0 heterocycles. The quantitative estimate of drug-likeness (QED) is 0.342. The van der Waals surface area contributed by atoms with Gasteiger partial charge in [0.2, 0.25) is 21.8 Å². The molecule has 1 atom stereocenters. The number of nitrogens with one attached hydrogen (secondary N) is 1. The molecule has 0 aliphatic rings. The second kappa shape index (κ2) is 13.5. The first-order valence-electron chi connectivity index (χ1n) is 12.3. The number of halogens is 3. The smallest absolute Gasteiger partial charge is 0.244 e. The summed E-state index contributed by atoms with van der Waals surface area (Å²) < 4.78 is 53.6. The van der Waals surface area contributed by atoms with E-state index in [4.69, 9.17) is 11.6 Å². The molecule has 0 saturated carbocycles. The van der Waals surface area contributed by atoms with Gasteiger partial charge in [0.15, 0.2) is 11.6 Å². The van der Waals surface area contributed by atoms with E-state index in [-0.39, 0.29) is 18.7 Å². The van der Waals surface area contributed by atoms with Crippen molar-refractivity contribution in [3.63, 3.8) is 0 Å². The van der Waals surface area contributed by atoms with Crippen LogP contribution in [-0.4, -0.2) is 50.5 Å². The molecule has 2 amide bonds. The highest BCUT2D eigenvalue weighted by molar-refractivity contribution is 7.92. The van der Waals surface area contributed by atoms with Gasteiger partial charge in [-0.15, -0.1) is 0 Å². The molecule has 208 valence electrons. The third-order valence-electron chi connectivity index (χ3n) is 5.99. The third kappa shape index (κ3) is 8.24. The molecule has 0 spiro atoms. The molecule has 0 aromatic heterocycles. The highest BCUT2D eigenvalue weighted by Gasteiger charge is 2.33. The van der Waals surface area contributed by atoms with E-state index >= 15 is 0 Å². The molecule has 3 aromatic carbocycles. The summed E-state index contributed by atoms with van der Waals surface area (Å²) in [7, 11) is -4.11. The summed E-state index contributed by atoms with van der Waals surface area (Å²) in [6, 6.07) is 17.4. The standard InChI is InChI=1S/C28H30ClF2N3O4S/c1-3-15-32-28(36)26(16-20-9-5-4-6-10-20)33(18-21-11-7-8-12-23(21)29)27(35)19-34(39(2,37)38)22-13-14-24(30)25(31)17-22/h4-14,17,26H,3,15-16,18-19H2,1-2H3,(H,32,36). The van der Waals surface area contributed by atoms with Crippen molar-refractivity contribution in [2.45, 2.75) is 32.4 Å². The fourth-order valence-electron chi connectivity index (χ4n) is 3.98. The Hall–Kier alpha value is -3.50. The summed E-state index contributed by atoms with van der Waals surface area (Å²) >= 11 is 6.39. The SMILES string of the molecule is CCCNC(=O)C(Cc1ccccc1)N(Cc1ccccc1Cl)C(=O)CN(c1ccc(F)c(F)c1)S(C)(=O)=O. The van der Waals surface area contributed by atoms with Crippen molar-refractivity contribution < 1.29 is 26.8 Å². The van der Waals surface area contributed by atoms with E-state index in [9.17, 15) is 26.8 Å². The lowest BCUT2D eigenvalue weighted by atomic mass is 10.0. The largest absolute Gasteiger partial charge is 0.354 e. The minimum Gasteiger partial charge on any atom is -0.354 e. The van der Waals surface area contributed by atoms with Crippen LogP contribution in [0.5, 0.6) is 0 Å². The molecule has 3 rings (SSSR count). The van der Waals surface area contributed by atoms with Crippen molar-refractivity contribution in [3.05, 3.63) is 101 Å². The zero-order valence-electron chi connectivity index (χ0n) is 21.6. The topological polar surface area (TPSA) is 86.8 Å². The van der Waals surface area contributed by atoms with Crippen molar-refractivity contribution in [2.24, 2.45) is 0 Å². The molecule has 1 unspecified atom stereocenters. The molecule has 0 aliphatic heterocycles. The monoisotopic (exact) mass is 577 g/mol. The van der Waals surface area contributed by atoms with Gasteiger partial charge >= 0.3 is 0 Å². The van der Waals surface area contributed by atoms with E-state index in [0.29, 0.717) is 33.9 Å². The highest BCUT2D eigenvalue weighted by Crippen LogP contribution is 2.24. The van der Waals surface area contributed by atoms with Crippen molar-refractivity contribution >= 4 is 39.1 Å². The zero-order valence-corrected chi connectivity index (χ0v) is 23.2. The van der Waals surface area contributed by atoms with E-state index in [1.807, 2.05) is 37.3 Å². The van der Waals surface area contributed by atoms with Crippen molar-refractivity contribution in [2.75, 3.05) is 23.7 Å². The predicted molar refractivity (Wildman–Crippen MR) is 148 cm³/mol. The number of carbonyl (C=O) groups excluding carboxylic acids is 2. The number of hydrogen-bond donors (Lipinski definition) is 1. The average molecular weight is 578 g/mol. The van der Waals surface area contributed by atoms with Crippen LogP contribution in [-0.2, 0) is 32.6 Å². The Balaban J connectivity index is 2.06. The fraction of sp³-hybridized carbons (Fsp3) is 0.286. The van der Waals surface area contributed by atoms with Gasteiger partial charge < -0.3 is 10.2 Å². The molecule has 0 radical (unpaired) electrons. The molecule has 7 nitrogen and oxygen atoms in total. The molecular weight excluding hydrogens is 548 g/mol. The summed E-state index contributed by atoms with van der Waals surface area (Å²) in [4.78, 5) is 28.6. The zero-order chi connectivity index (χ0) is 28.6. The van der Waals surface area contributed by atoms with Crippen LogP contribution in [0.3, 0.4) is 0 Å². The van der Waals surface area contributed by atoms with E-state index in [0.717, 1.165) is 24.0 Å².